The van der Waals surface area contributed by atoms with Gasteiger partial charge in [0, 0.05) is 76.3 Å². The number of nitrogens with zero attached hydrogens (tertiary/aromatic N) is 4. The summed E-state index contributed by atoms with van der Waals surface area (Å²) in [4.78, 5) is 33.2. The standard InChI is InChI=1S/2C23H29N3O2/c2*1-25-11-13-26(14-12-25)23(27)16-24-22-15-21(22)19-7-9-20(10-8-19)28-17-18-5-3-2-4-6-18/h2*2-10,21-22,24H,11-17H2,1H3/t2*21-,22+/m00/s1. The summed E-state index contributed by atoms with van der Waals surface area (Å²) in [6.07, 6.45) is 2.19. The van der Waals surface area contributed by atoms with E-state index in [4.69, 9.17) is 9.47 Å². The van der Waals surface area contributed by atoms with E-state index < -0.39 is 0 Å². The van der Waals surface area contributed by atoms with E-state index in [1.54, 1.807) is 0 Å². The third-order valence-electron chi connectivity index (χ3n) is 11.4. The Morgan fingerprint density at radius 1 is 0.518 bits per heavy atom. The van der Waals surface area contributed by atoms with Crippen LogP contribution in [0, 0.1) is 0 Å². The summed E-state index contributed by atoms with van der Waals surface area (Å²) in [5.74, 6) is 3.24. The number of piperazine rings is 2. The van der Waals surface area contributed by atoms with E-state index in [1.807, 2.05) is 70.5 Å². The maximum absolute atomic E-state index is 12.3. The first-order valence-corrected chi connectivity index (χ1v) is 20.3. The van der Waals surface area contributed by atoms with Gasteiger partial charge in [0.15, 0.2) is 0 Å². The molecule has 0 spiro atoms. The molecule has 2 N–H and O–H groups in total. The number of amides is 2. The fourth-order valence-electron chi connectivity index (χ4n) is 7.45. The Morgan fingerprint density at radius 2 is 0.875 bits per heavy atom. The van der Waals surface area contributed by atoms with Crippen LogP contribution in [0.3, 0.4) is 0 Å². The molecule has 4 aromatic carbocycles. The molecule has 2 saturated heterocycles. The number of rotatable bonds is 14. The molecule has 4 fully saturated rings. The molecule has 8 rings (SSSR count). The number of ether oxygens (including phenoxy) is 2. The van der Waals surface area contributed by atoms with E-state index >= 15 is 0 Å². The summed E-state index contributed by atoms with van der Waals surface area (Å²) in [6.45, 7) is 9.31. The number of carbonyl (C=O) groups excluding carboxylic acids is 2. The van der Waals surface area contributed by atoms with Crippen LogP contribution in [0.1, 0.15) is 46.9 Å². The normalized spacial score (nSPS) is 22.1. The molecule has 2 aliphatic carbocycles. The first-order valence-electron chi connectivity index (χ1n) is 20.3. The third-order valence-corrected chi connectivity index (χ3v) is 11.4. The molecule has 2 saturated carbocycles. The lowest BCUT2D eigenvalue weighted by Crippen LogP contribution is -2.49. The van der Waals surface area contributed by atoms with Gasteiger partial charge < -0.3 is 39.7 Å². The molecule has 2 heterocycles. The first-order chi connectivity index (χ1) is 27.4. The highest BCUT2D eigenvalue weighted by molar-refractivity contribution is 5.79. The number of benzene rings is 4. The Morgan fingerprint density at radius 3 is 1.23 bits per heavy atom. The zero-order valence-corrected chi connectivity index (χ0v) is 33.0. The predicted molar refractivity (Wildman–Crippen MR) is 221 cm³/mol. The van der Waals surface area contributed by atoms with Gasteiger partial charge in [0.2, 0.25) is 11.8 Å². The van der Waals surface area contributed by atoms with Crippen molar-refractivity contribution in [1.82, 2.24) is 30.2 Å². The van der Waals surface area contributed by atoms with Crippen molar-refractivity contribution in [2.75, 3.05) is 79.5 Å². The molecule has 4 aromatic rings. The van der Waals surface area contributed by atoms with Gasteiger partial charge in [-0.25, -0.2) is 0 Å². The van der Waals surface area contributed by atoms with Gasteiger partial charge in [0.1, 0.15) is 24.7 Å². The molecule has 0 bridgehead atoms. The zero-order chi connectivity index (χ0) is 38.7. The average molecular weight is 759 g/mol. The number of hydrogen-bond acceptors (Lipinski definition) is 8. The average Bonchev–Trinajstić information content (AvgIpc) is 4.19. The molecule has 10 heteroatoms. The fourth-order valence-corrected chi connectivity index (χ4v) is 7.45. The van der Waals surface area contributed by atoms with E-state index in [9.17, 15) is 9.59 Å². The first kappa shape index (κ1) is 39.5. The van der Waals surface area contributed by atoms with Gasteiger partial charge in [-0.05, 0) is 73.5 Å². The summed E-state index contributed by atoms with van der Waals surface area (Å²) < 4.78 is 11.7. The molecule has 0 radical (unpaired) electrons. The van der Waals surface area contributed by atoms with Crippen LogP contribution in [0.4, 0.5) is 0 Å². The molecule has 2 aliphatic heterocycles. The number of carbonyl (C=O) groups is 2. The van der Waals surface area contributed by atoms with E-state index in [2.05, 4.69) is 83.1 Å². The SMILES string of the molecule is CN1CCN(C(=O)CN[C@@H]2C[C@H]2c2ccc(OCc3ccccc3)cc2)CC1.CN1CCN(C(=O)CN[C@@H]2C[C@H]2c2ccc(OCc3ccccc3)cc2)CC1. The maximum atomic E-state index is 12.3. The summed E-state index contributed by atoms with van der Waals surface area (Å²) in [7, 11) is 4.21. The maximum Gasteiger partial charge on any atom is 0.236 e. The number of nitrogens with one attached hydrogen (secondary N) is 2. The van der Waals surface area contributed by atoms with Crippen molar-refractivity contribution in [2.24, 2.45) is 0 Å². The van der Waals surface area contributed by atoms with Crippen molar-refractivity contribution in [3.05, 3.63) is 131 Å². The van der Waals surface area contributed by atoms with Crippen LogP contribution in [-0.4, -0.2) is 123 Å². The molecular formula is C46H58N6O4. The largest absolute Gasteiger partial charge is 0.489 e. The highest BCUT2D eigenvalue weighted by atomic mass is 16.5. The number of likely N-dealkylation sites (N-methyl/N-ethyl adjacent to an activating group) is 2. The molecule has 296 valence electrons. The van der Waals surface area contributed by atoms with Crippen molar-refractivity contribution >= 4 is 11.8 Å². The van der Waals surface area contributed by atoms with Gasteiger partial charge >= 0.3 is 0 Å². The van der Waals surface area contributed by atoms with Crippen LogP contribution in [0.25, 0.3) is 0 Å². The van der Waals surface area contributed by atoms with Gasteiger partial charge in [-0.15, -0.1) is 0 Å². The van der Waals surface area contributed by atoms with Crippen molar-refractivity contribution in [3.63, 3.8) is 0 Å². The van der Waals surface area contributed by atoms with Crippen LogP contribution in [0.5, 0.6) is 11.5 Å². The Hall–Kier alpha value is -4.74. The summed E-state index contributed by atoms with van der Waals surface area (Å²) >= 11 is 0. The van der Waals surface area contributed by atoms with Crippen LogP contribution >= 0.6 is 0 Å². The molecular weight excluding hydrogens is 701 g/mol. The topological polar surface area (TPSA) is 89.6 Å². The summed E-state index contributed by atoms with van der Waals surface area (Å²) in [6, 6.07) is 38.0. The van der Waals surface area contributed by atoms with Crippen LogP contribution in [0.15, 0.2) is 109 Å². The minimum atomic E-state index is 0.225. The monoisotopic (exact) mass is 758 g/mol. The Labute approximate surface area is 332 Å². The van der Waals surface area contributed by atoms with Gasteiger partial charge in [-0.2, -0.15) is 0 Å². The van der Waals surface area contributed by atoms with E-state index in [1.165, 1.54) is 22.3 Å². The van der Waals surface area contributed by atoms with Gasteiger partial charge in [0.05, 0.1) is 13.1 Å². The van der Waals surface area contributed by atoms with Gasteiger partial charge in [-0.3, -0.25) is 9.59 Å². The molecule has 0 aromatic heterocycles. The summed E-state index contributed by atoms with van der Waals surface area (Å²) in [5, 5.41) is 6.88. The van der Waals surface area contributed by atoms with Crippen LogP contribution < -0.4 is 20.1 Å². The highest BCUT2D eigenvalue weighted by Gasteiger charge is 2.39. The van der Waals surface area contributed by atoms with Gasteiger partial charge in [0.25, 0.3) is 0 Å². The molecule has 56 heavy (non-hydrogen) atoms. The minimum Gasteiger partial charge on any atom is -0.489 e. The Balaban J connectivity index is 0.000000172. The quantitative estimate of drug-likeness (QED) is 0.187. The Kier molecular flexibility index (Phi) is 13.7. The third kappa shape index (κ3) is 11.6. The lowest BCUT2D eigenvalue weighted by atomic mass is 10.1. The van der Waals surface area contributed by atoms with Crippen LogP contribution in [-0.2, 0) is 22.8 Å². The Bertz CT molecular complexity index is 1680. The van der Waals surface area contributed by atoms with E-state index in [0.717, 1.165) is 76.7 Å². The van der Waals surface area contributed by atoms with Crippen LogP contribution in [0.2, 0.25) is 0 Å². The summed E-state index contributed by atoms with van der Waals surface area (Å²) in [5.41, 5.74) is 4.97. The lowest BCUT2D eigenvalue weighted by molar-refractivity contribution is -0.132. The van der Waals surface area contributed by atoms with Crippen molar-refractivity contribution in [2.45, 2.75) is 50.0 Å². The molecule has 4 aliphatic rings. The van der Waals surface area contributed by atoms with E-state index in [0.29, 0.717) is 50.2 Å². The zero-order valence-electron chi connectivity index (χ0n) is 33.0. The second-order valence-corrected chi connectivity index (χ2v) is 15.7. The highest BCUT2D eigenvalue weighted by Crippen LogP contribution is 2.42. The van der Waals surface area contributed by atoms with Gasteiger partial charge in [-0.1, -0.05) is 84.9 Å². The molecule has 10 nitrogen and oxygen atoms in total. The van der Waals surface area contributed by atoms with Crippen molar-refractivity contribution < 1.29 is 19.1 Å². The second kappa shape index (κ2) is 19.4. The molecule has 4 atom stereocenters. The van der Waals surface area contributed by atoms with Crippen molar-refractivity contribution in [3.8, 4) is 11.5 Å². The molecule has 0 unspecified atom stereocenters. The lowest BCUT2D eigenvalue weighted by Gasteiger charge is -2.32. The molecule has 2 amide bonds. The van der Waals surface area contributed by atoms with Crippen molar-refractivity contribution in [1.29, 1.82) is 0 Å². The number of hydrogen-bond donors (Lipinski definition) is 2. The fraction of sp³-hybridized carbons (Fsp3) is 0.435. The van der Waals surface area contributed by atoms with E-state index in [-0.39, 0.29) is 11.8 Å². The predicted octanol–water partition coefficient (Wildman–Crippen LogP) is 4.97. The minimum absolute atomic E-state index is 0.225. The smallest absolute Gasteiger partial charge is 0.236 e. The second-order valence-electron chi connectivity index (χ2n) is 15.7.